The molecule has 0 aromatic heterocycles. The van der Waals surface area contributed by atoms with Gasteiger partial charge < -0.3 is 14.8 Å². The lowest BCUT2D eigenvalue weighted by Crippen LogP contribution is -2.22. The highest BCUT2D eigenvalue weighted by atomic mass is 16.5. The molecule has 0 unspecified atom stereocenters. The Labute approximate surface area is 171 Å². The van der Waals surface area contributed by atoms with E-state index in [0.29, 0.717) is 23.4 Å². The van der Waals surface area contributed by atoms with Crippen LogP contribution < -0.4 is 5.32 Å². The normalized spacial score (nSPS) is 10.4. The molecule has 0 spiro atoms. The summed E-state index contributed by atoms with van der Waals surface area (Å²) in [6, 6.07) is 6.30. The Morgan fingerprint density at radius 3 is 1.79 bits per heavy atom. The zero-order chi connectivity index (χ0) is 21.7. The maximum Gasteiger partial charge on any atom is 0.339 e. The first-order chi connectivity index (χ1) is 13.7. The molecule has 0 fully saturated rings. The van der Waals surface area contributed by atoms with E-state index >= 15 is 0 Å². The van der Waals surface area contributed by atoms with Crippen molar-refractivity contribution < 1.29 is 23.9 Å². The Hall–Kier alpha value is -3.15. The minimum atomic E-state index is -0.515. The summed E-state index contributed by atoms with van der Waals surface area (Å²) in [5.41, 5.74) is 6.38. The first-order valence-electron chi connectivity index (χ1n) is 9.48. The van der Waals surface area contributed by atoms with Crippen LogP contribution in [-0.2, 0) is 14.3 Å². The van der Waals surface area contributed by atoms with Crippen LogP contribution in [0.5, 0.6) is 0 Å². The number of carbonyl (C=O) groups is 3. The van der Waals surface area contributed by atoms with Gasteiger partial charge in [0.2, 0.25) is 0 Å². The molecule has 1 amide bonds. The van der Waals surface area contributed by atoms with Crippen molar-refractivity contribution in [3.8, 4) is 0 Å². The van der Waals surface area contributed by atoms with E-state index in [0.717, 1.165) is 27.8 Å². The predicted molar refractivity (Wildman–Crippen MR) is 111 cm³/mol. The molecule has 2 aromatic carbocycles. The standard InChI is InChI=1S/C23H27NO5/c1-7-28-22(26)18-8-10-19(11-9-18)24-20(25)12-29-23(27)21-16(5)14(3)13(2)15(4)17(21)6/h8-11H,7,12H2,1-6H3,(H,24,25). The van der Waals surface area contributed by atoms with E-state index in [4.69, 9.17) is 9.47 Å². The molecule has 0 aliphatic heterocycles. The summed E-state index contributed by atoms with van der Waals surface area (Å²) in [7, 11) is 0. The van der Waals surface area contributed by atoms with Gasteiger partial charge in [0.15, 0.2) is 6.61 Å². The van der Waals surface area contributed by atoms with Crippen LogP contribution in [0, 0.1) is 34.6 Å². The highest BCUT2D eigenvalue weighted by Crippen LogP contribution is 2.26. The number of benzene rings is 2. The molecule has 29 heavy (non-hydrogen) atoms. The molecule has 1 N–H and O–H groups in total. The van der Waals surface area contributed by atoms with E-state index in [1.54, 1.807) is 31.2 Å². The van der Waals surface area contributed by atoms with Crippen molar-refractivity contribution in [1.29, 1.82) is 0 Å². The predicted octanol–water partition coefficient (Wildman–Crippen LogP) is 4.20. The molecule has 0 saturated carbocycles. The molecule has 0 radical (unpaired) electrons. The number of esters is 2. The van der Waals surface area contributed by atoms with Gasteiger partial charge in [-0.15, -0.1) is 0 Å². The first kappa shape index (κ1) is 22.1. The molecule has 2 rings (SSSR count). The first-order valence-corrected chi connectivity index (χ1v) is 9.48. The molecular formula is C23H27NO5. The Bertz CT molecular complexity index is 916. The molecule has 6 heteroatoms. The van der Waals surface area contributed by atoms with E-state index in [9.17, 15) is 14.4 Å². The number of amides is 1. The van der Waals surface area contributed by atoms with Crippen molar-refractivity contribution in [3.05, 3.63) is 63.2 Å². The van der Waals surface area contributed by atoms with Crippen molar-refractivity contribution >= 4 is 23.5 Å². The number of ether oxygens (including phenoxy) is 2. The molecule has 6 nitrogen and oxygen atoms in total. The Kier molecular flexibility index (Phi) is 7.15. The third-order valence-corrected chi connectivity index (χ3v) is 5.22. The number of hydrogen-bond acceptors (Lipinski definition) is 5. The van der Waals surface area contributed by atoms with Gasteiger partial charge in [0.05, 0.1) is 17.7 Å². The molecule has 0 aliphatic carbocycles. The fourth-order valence-corrected chi connectivity index (χ4v) is 3.11. The molecule has 0 atom stereocenters. The van der Waals surface area contributed by atoms with Gasteiger partial charge in [-0.05, 0) is 93.6 Å². The van der Waals surface area contributed by atoms with Crippen molar-refractivity contribution in [3.63, 3.8) is 0 Å². The van der Waals surface area contributed by atoms with E-state index in [-0.39, 0.29) is 0 Å². The summed E-state index contributed by atoms with van der Waals surface area (Å²) in [6.45, 7) is 11.4. The summed E-state index contributed by atoms with van der Waals surface area (Å²) >= 11 is 0. The number of rotatable bonds is 6. The maximum atomic E-state index is 12.6. The Balaban J connectivity index is 2.01. The van der Waals surface area contributed by atoms with Crippen LogP contribution in [0.4, 0.5) is 5.69 Å². The van der Waals surface area contributed by atoms with Crippen molar-refractivity contribution in [2.24, 2.45) is 0 Å². The van der Waals surface area contributed by atoms with Crippen LogP contribution in [0.15, 0.2) is 24.3 Å². The van der Waals surface area contributed by atoms with Crippen molar-refractivity contribution in [2.75, 3.05) is 18.5 Å². The lowest BCUT2D eigenvalue weighted by molar-refractivity contribution is -0.119. The zero-order valence-corrected chi connectivity index (χ0v) is 17.8. The summed E-state index contributed by atoms with van der Waals surface area (Å²) in [4.78, 5) is 36.4. The van der Waals surface area contributed by atoms with Gasteiger partial charge in [0.25, 0.3) is 5.91 Å². The maximum absolute atomic E-state index is 12.6. The number of nitrogens with one attached hydrogen (secondary N) is 1. The average Bonchev–Trinajstić information content (AvgIpc) is 2.70. The minimum Gasteiger partial charge on any atom is -0.462 e. The lowest BCUT2D eigenvalue weighted by atomic mass is 9.90. The zero-order valence-electron chi connectivity index (χ0n) is 17.8. The Morgan fingerprint density at radius 1 is 0.759 bits per heavy atom. The van der Waals surface area contributed by atoms with Crippen molar-refractivity contribution in [1.82, 2.24) is 0 Å². The fraction of sp³-hybridized carbons (Fsp3) is 0.348. The minimum absolute atomic E-state index is 0.293. The summed E-state index contributed by atoms with van der Waals surface area (Å²) in [6.07, 6.45) is 0. The number of hydrogen-bond donors (Lipinski definition) is 1. The second kappa shape index (κ2) is 9.37. The average molecular weight is 397 g/mol. The van der Waals surface area contributed by atoms with Gasteiger partial charge in [-0.25, -0.2) is 9.59 Å². The molecule has 0 saturated heterocycles. The second-order valence-corrected chi connectivity index (χ2v) is 6.92. The molecule has 2 aromatic rings. The second-order valence-electron chi connectivity index (χ2n) is 6.92. The van der Waals surface area contributed by atoms with E-state index in [1.165, 1.54) is 0 Å². The van der Waals surface area contributed by atoms with E-state index in [2.05, 4.69) is 5.32 Å². The van der Waals surface area contributed by atoms with Gasteiger partial charge in [0, 0.05) is 5.69 Å². The summed E-state index contributed by atoms with van der Waals surface area (Å²) in [5, 5.41) is 2.64. The van der Waals surface area contributed by atoms with E-state index in [1.807, 2.05) is 34.6 Å². The molecule has 0 heterocycles. The van der Waals surface area contributed by atoms with Gasteiger partial charge >= 0.3 is 11.9 Å². The number of anilines is 1. The summed E-state index contributed by atoms with van der Waals surface area (Å²) in [5.74, 6) is -1.40. The van der Waals surface area contributed by atoms with E-state index < -0.39 is 24.5 Å². The van der Waals surface area contributed by atoms with Gasteiger partial charge in [-0.3, -0.25) is 4.79 Å². The topological polar surface area (TPSA) is 81.7 Å². The quantitative estimate of drug-likeness (QED) is 0.739. The van der Waals surface area contributed by atoms with Crippen LogP contribution in [0.1, 0.15) is 55.5 Å². The van der Waals surface area contributed by atoms with Crippen LogP contribution in [0.25, 0.3) is 0 Å². The summed E-state index contributed by atoms with van der Waals surface area (Å²) < 4.78 is 10.2. The fourth-order valence-electron chi connectivity index (χ4n) is 3.11. The van der Waals surface area contributed by atoms with Crippen LogP contribution >= 0.6 is 0 Å². The molecule has 0 bridgehead atoms. The SMILES string of the molecule is CCOC(=O)c1ccc(NC(=O)COC(=O)c2c(C)c(C)c(C)c(C)c2C)cc1. The Morgan fingerprint density at radius 2 is 1.28 bits per heavy atom. The van der Waals surface area contributed by atoms with Crippen LogP contribution in [-0.4, -0.2) is 31.1 Å². The van der Waals surface area contributed by atoms with Crippen LogP contribution in [0.2, 0.25) is 0 Å². The van der Waals surface area contributed by atoms with Gasteiger partial charge in [-0.2, -0.15) is 0 Å². The molecular weight excluding hydrogens is 370 g/mol. The lowest BCUT2D eigenvalue weighted by Gasteiger charge is -2.17. The highest BCUT2D eigenvalue weighted by Gasteiger charge is 2.20. The molecule has 0 aliphatic rings. The van der Waals surface area contributed by atoms with Crippen molar-refractivity contribution in [2.45, 2.75) is 41.5 Å². The smallest absolute Gasteiger partial charge is 0.339 e. The number of carbonyl (C=O) groups excluding carboxylic acids is 3. The molecule has 154 valence electrons. The van der Waals surface area contributed by atoms with Gasteiger partial charge in [-0.1, -0.05) is 0 Å². The van der Waals surface area contributed by atoms with Gasteiger partial charge in [0.1, 0.15) is 0 Å². The monoisotopic (exact) mass is 397 g/mol. The largest absolute Gasteiger partial charge is 0.462 e. The third kappa shape index (κ3) is 5.02. The third-order valence-electron chi connectivity index (χ3n) is 5.22. The highest BCUT2D eigenvalue weighted by molar-refractivity contribution is 5.98. The van der Waals surface area contributed by atoms with Crippen LogP contribution in [0.3, 0.4) is 0 Å².